The van der Waals surface area contributed by atoms with Gasteiger partial charge in [0, 0.05) is 48.3 Å². The third-order valence-electron chi connectivity index (χ3n) is 5.31. The van der Waals surface area contributed by atoms with E-state index in [1.165, 1.54) is 0 Å². The molecule has 0 atom stereocenters. The van der Waals surface area contributed by atoms with E-state index in [4.69, 9.17) is 0 Å². The molecule has 6 nitrogen and oxygen atoms in total. The van der Waals surface area contributed by atoms with E-state index in [0.29, 0.717) is 0 Å². The summed E-state index contributed by atoms with van der Waals surface area (Å²) in [5.41, 5.74) is 7.25. The fourth-order valence-corrected chi connectivity index (χ4v) is 3.68. The summed E-state index contributed by atoms with van der Waals surface area (Å²) in [6, 6.07) is 31.2. The van der Waals surface area contributed by atoms with Gasteiger partial charge in [-0.05, 0) is 72.8 Å². The fourth-order valence-electron chi connectivity index (χ4n) is 3.68. The molecule has 0 spiro atoms. The minimum Gasteiger partial charge on any atom is -0.256 e. The molecule has 6 heterocycles. The molecular weight excluding hydrogens is 607 g/mol. The monoisotopic (exact) mass is 630 g/mol. The zero-order valence-corrected chi connectivity index (χ0v) is 21.7. The van der Waals surface area contributed by atoms with Crippen LogP contribution in [0.3, 0.4) is 0 Å². The van der Waals surface area contributed by atoms with Gasteiger partial charge in [-0.25, -0.2) is 0 Å². The molecule has 37 heavy (non-hydrogen) atoms. The second-order valence-corrected chi connectivity index (χ2v) is 7.66. The van der Waals surface area contributed by atoms with Gasteiger partial charge in [-0.2, -0.15) is 0 Å². The minimum absolute atomic E-state index is 0. The Morgan fingerprint density at radius 3 is 0.946 bits per heavy atom. The average molecular weight is 629 g/mol. The Kier molecular flexibility index (Phi) is 9.55. The van der Waals surface area contributed by atoms with Crippen LogP contribution in [0.5, 0.6) is 0 Å². The molecule has 0 amide bonds. The van der Waals surface area contributed by atoms with E-state index < -0.39 is 0 Å². The van der Waals surface area contributed by atoms with Crippen LogP contribution in [0.25, 0.3) is 45.3 Å². The summed E-state index contributed by atoms with van der Waals surface area (Å²) >= 11 is 0. The standard InChI is InChI=1S/2C15H11N3.Dy/c2*1-3-9-16-13(7-1)12-6-5-11-18-15(12)14-8-2-4-10-17-14;/h2*1-11H;/q;;+3. The van der Waals surface area contributed by atoms with Crippen molar-refractivity contribution in [1.29, 1.82) is 0 Å². The van der Waals surface area contributed by atoms with Gasteiger partial charge >= 0.3 is 38.2 Å². The maximum Gasteiger partial charge on any atom is 3.00 e. The minimum atomic E-state index is 0. The van der Waals surface area contributed by atoms with Crippen molar-refractivity contribution < 1.29 is 38.2 Å². The molecule has 1 radical (unpaired) electrons. The van der Waals surface area contributed by atoms with Gasteiger partial charge in [-0.15, -0.1) is 0 Å². The van der Waals surface area contributed by atoms with Crippen LogP contribution < -0.4 is 0 Å². The summed E-state index contributed by atoms with van der Waals surface area (Å²) < 4.78 is 0. The van der Waals surface area contributed by atoms with Crippen LogP contribution in [0, 0.1) is 38.2 Å². The number of hydrogen-bond donors (Lipinski definition) is 0. The van der Waals surface area contributed by atoms with E-state index in [1.807, 2.05) is 97.1 Å². The first-order chi connectivity index (χ1) is 17.9. The number of aromatic nitrogens is 6. The van der Waals surface area contributed by atoms with E-state index in [1.54, 1.807) is 37.2 Å². The Morgan fingerprint density at radius 1 is 0.297 bits per heavy atom. The van der Waals surface area contributed by atoms with Gasteiger partial charge in [-0.3, -0.25) is 29.9 Å². The number of rotatable bonds is 4. The topological polar surface area (TPSA) is 77.3 Å². The van der Waals surface area contributed by atoms with Crippen molar-refractivity contribution in [2.24, 2.45) is 0 Å². The predicted molar refractivity (Wildman–Crippen MR) is 141 cm³/mol. The first-order valence-corrected chi connectivity index (χ1v) is 11.5. The smallest absolute Gasteiger partial charge is 0.256 e. The molecule has 7 heteroatoms. The van der Waals surface area contributed by atoms with Gasteiger partial charge in [0.15, 0.2) is 0 Å². The van der Waals surface area contributed by atoms with Crippen molar-refractivity contribution in [2.75, 3.05) is 0 Å². The molecule has 0 aliphatic rings. The van der Waals surface area contributed by atoms with Gasteiger partial charge in [0.2, 0.25) is 0 Å². The Labute approximate surface area is 246 Å². The molecule has 0 N–H and O–H groups in total. The third kappa shape index (κ3) is 6.69. The Morgan fingerprint density at radius 2 is 0.622 bits per heavy atom. The van der Waals surface area contributed by atoms with Crippen molar-refractivity contribution in [1.82, 2.24) is 29.9 Å². The summed E-state index contributed by atoms with van der Waals surface area (Å²) in [7, 11) is 0. The Bertz CT molecular complexity index is 1280. The summed E-state index contributed by atoms with van der Waals surface area (Å²) in [5.74, 6) is 0. The van der Waals surface area contributed by atoms with Crippen LogP contribution >= 0.6 is 0 Å². The summed E-state index contributed by atoms with van der Waals surface area (Å²) in [6.07, 6.45) is 10.7. The molecule has 0 unspecified atom stereocenters. The first kappa shape index (κ1) is 26.2. The molecule has 0 bridgehead atoms. The van der Waals surface area contributed by atoms with Crippen molar-refractivity contribution in [2.45, 2.75) is 0 Å². The van der Waals surface area contributed by atoms with Crippen LogP contribution in [0.1, 0.15) is 0 Å². The second kappa shape index (κ2) is 13.5. The molecular formula is C30H22DyN6+3. The van der Waals surface area contributed by atoms with E-state index in [-0.39, 0.29) is 38.2 Å². The van der Waals surface area contributed by atoms with E-state index in [9.17, 15) is 0 Å². The zero-order valence-electron chi connectivity index (χ0n) is 19.7. The number of hydrogen-bond acceptors (Lipinski definition) is 6. The predicted octanol–water partition coefficient (Wildman–Crippen LogP) is 6.41. The van der Waals surface area contributed by atoms with Crippen LogP contribution in [0.2, 0.25) is 0 Å². The zero-order chi connectivity index (χ0) is 24.4. The second-order valence-electron chi connectivity index (χ2n) is 7.66. The molecule has 0 aliphatic heterocycles. The summed E-state index contributed by atoms with van der Waals surface area (Å²) in [4.78, 5) is 26.3. The van der Waals surface area contributed by atoms with E-state index in [2.05, 4.69) is 29.9 Å². The largest absolute Gasteiger partial charge is 3.00 e. The number of pyridine rings is 6. The molecule has 0 saturated carbocycles. The van der Waals surface area contributed by atoms with E-state index >= 15 is 0 Å². The van der Waals surface area contributed by atoms with Crippen molar-refractivity contribution in [3.8, 4) is 45.3 Å². The molecule has 179 valence electrons. The summed E-state index contributed by atoms with van der Waals surface area (Å²) in [5, 5.41) is 0. The van der Waals surface area contributed by atoms with Gasteiger partial charge in [0.25, 0.3) is 0 Å². The Hall–Kier alpha value is -3.83. The summed E-state index contributed by atoms with van der Waals surface area (Å²) in [6.45, 7) is 0. The van der Waals surface area contributed by atoms with E-state index in [0.717, 1.165) is 45.3 Å². The first-order valence-electron chi connectivity index (χ1n) is 11.5. The quantitative estimate of drug-likeness (QED) is 0.225. The molecule has 0 aliphatic carbocycles. The maximum atomic E-state index is 4.42. The molecule has 6 rings (SSSR count). The molecule has 6 aromatic rings. The maximum absolute atomic E-state index is 4.42. The molecule has 0 aromatic carbocycles. The SMILES string of the molecule is [Dy+3].c1ccc(-c2cccnc2-c2ccccn2)nc1.c1ccc(-c2cccnc2-c2ccccn2)nc1. The van der Waals surface area contributed by atoms with Gasteiger partial charge in [0.1, 0.15) is 0 Å². The Balaban J connectivity index is 0.000000168. The normalized spacial score (nSPS) is 9.95. The van der Waals surface area contributed by atoms with Crippen LogP contribution in [-0.4, -0.2) is 29.9 Å². The van der Waals surface area contributed by atoms with Crippen molar-refractivity contribution >= 4 is 0 Å². The molecule has 6 aromatic heterocycles. The van der Waals surface area contributed by atoms with Gasteiger partial charge < -0.3 is 0 Å². The molecule has 0 saturated heterocycles. The fraction of sp³-hybridized carbons (Fsp3) is 0. The van der Waals surface area contributed by atoms with Crippen LogP contribution in [-0.2, 0) is 0 Å². The number of nitrogens with zero attached hydrogens (tertiary/aromatic N) is 6. The molecule has 0 fully saturated rings. The average Bonchev–Trinajstić information content (AvgIpc) is 2.99. The van der Waals surface area contributed by atoms with Crippen LogP contribution in [0.4, 0.5) is 0 Å². The van der Waals surface area contributed by atoms with Gasteiger partial charge in [-0.1, -0.05) is 24.3 Å². The van der Waals surface area contributed by atoms with Crippen molar-refractivity contribution in [3.63, 3.8) is 0 Å². The van der Waals surface area contributed by atoms with Gasteiger partial charge in [0.05, 0.1) is 34.2 Å². The van der Waals surface area contributed by atoms with Crippen LogP contribution in [0.15, 0.2) is 134 Å². The third-order valence-corrected chi connectivity index (χ3v) is 5.31. The van der Waals surface area contributed by atoms with Crippen molar-refractivity contribution in [3.05, 3.63) is 134 Å².